The second kappa shape index (κ2) is 7.38. The summed E-state index contributed by atoms with van der Waals surface area (Å²) in [4.78, 5) is 12.5. The molecule has 114 valence electrons. The molecule has 0 bridgehead atoms. The van der Waals surface area contributed by atoms with Gasteiger partial charge < -0.3 is 0 Å². The Hall–Kier alpha value is -2.91. The summed E-state index contributed by atoms with van der Waals surface area (Å²) in [5, 5.41) is 18.5. The zero-order valence-electron chi connectivity index (χ0n) is 13.3. The Bertz CT molecular complexity index is 747. The molecule has 3 nitrogen and oxygen atoms in total. The summed E-state index contributed by atoms with van der Waals surface area (Å²) in [5.41, 5.74) is 3.65. The van der Waals surface area contributed by atoms with Crippen molar-refractivity contribution in [2.75, 3.05) is 0 Å². The molecular weight excluding hydrogens is 284 g/mol. The number of rotatable bonds is 5. The number of ketones is 1. The highest BCUT2D eigenvalue weighted by Crippen LogP contribution is 2.29. The van der Waals surface area contributed by atoms with Crippen LogP contribution in [0.3, 0.4) is 0 Å². The molecule has 0 saturated carbocycles. The maximum atomic E-state index is 12.5. The maximum Gasteiger partial charge on any atom is 0.163 e. The molecule has 0 heterocycles. The van der Waals surface area contributed by atoms with Gasteiger partial charge in [0, 0.05) is 17.9 Å². The molecule has 0 radical (unpaired) electrons. The molecule has 0 aliphatic carbocycles. The van der Waals surface area contributed by atoms with Gasteiger partial charge in [-0.1, -0.05) is 59.7 Å². The summed E-state index contributed by atoms with van der Waals surface area (Å²) in [6.45, 7) is 3.94. The second-order valence-corrected chi connectivity index (χ2v) is 5.75. The molecule has 0 aromatic heterocycles. The van der Waals surface area contributed by atoms with E-state index < -0.39 is 11.8 Å². The van der Waals surface area contributed by atoms with Crippen molar-refractivity contribution in [3.8, 4) is 12.1 Å². The number of Topliss-reactive ketones (excluding diaryl/α,β-unsaturated/α-hetero) is 1. The van der Waals surface area contributed by atoms with E-state index in [1.807, 2.05) is 62.4 Å². The first-order valence-corrected chi connectivity index (χ1v) is 7.51. The molecular formula is C20H18N2O. The summed E-state index contributed by atoms with van der Waals surface area (Å²) in [7, 11) is 0. The van der Waals surface area contributed by atoms with Gasteiger partial charge in [-0.2, -0.15) is 10.5 Å². The standard InChI is InChI=1S/C20H18N2O/c1-14-3-7-16(8-4-14)19(18(12-21)13-22)11-20(23)17-9-5-15(2)6-10-17/h3-10,18-19H,11H2,1-2H3/t19-/m1/s1. The van der Waals surface area contributed by atoms with Crippen LogP contribution >= 0.6 is 0 Å². The second-order valence-electron chi connectivity index (χ2n) is 5.75. The van der Waals surface area contributed by atoms with Gasteiger partial charge in [0.1, 0.15) is 5.92 Å². The minimum absolute atomic E-state index is 0.0499. The quantitative estimate of drug-likeness (QED) is 0.772. The molecule has 0 spiro atoms. The lowest BCUT2D eigenvalue weighted by Crippen LogP contribution is -2.15. The van der Waals surface area contributed by atoms with Crippen LogP contribution in [0.1, 0.15) is 39.4 Å². The number of hydrogen-bond acceptors (Lipinski definition) is 3. The van der Waals surface area contributed by atoms with Gasteiger partial charge in [-0.15, -0.1) is 0 Å². The summed E-state index contributed by atoms with van der Waals surface area (Å²) in [6.07, 6.45) is 0.151. The molecule has 0 fully saturated rings. The molecule has 1 atom stereocenters. The van der Waals surface area contributed by atoms with E-state index in [1.165, 1.54) is 0 Å². The lowest BCUT2D eigenvalue weighted by atomic mass is 9.82. The first kappa shape index (κ1) is 16.5. The Morgan fingerprint density at radius 3 is 1.87 bits per heavy atom. The first-order chi connectivity index (χ1) is 11.0. The van der Waals surface area contributed by atoms with Gasteiger partial charge in [-0.25, -0.2) is 0 Å². The number of hydrogen-bond donors (Lipinski definition) is 0. The Balaban J connectivity index is 2.29. The third-order valence-corrected chi connectivity index (χ3v) is 3.96. The SMILES string of the molecule is Cc1ccc(C(=O)C[C@H](c2ccc(C)cc2)C(C#N)C#N)cc1. The smallest absolute Gasteiger partial charge is 0.163 e. The highest BCUT2D eigenvalue weighted by Gasteiger charge is 2.26. The molecule has 0 aliphatic rings. The Morgan fingerprint density at radius 1 is 0.913 bits per heavy atom. The van der Waals surface area contributed by atoms with Crippen LogP contribution in [0.15, 0.2) is 48.5 Å². The van der Waals surface area contributed by atoms with Crippen LogP contribution in [0, 0.1) is 42.4 Å². The first-order valence-electron chi connectivity index (χ1n) is 7.51. The van der Waals surface area contributed by atoms with Crippen molar-refractivity contribution in [3.63, 3.8) is 0 Å². The van der Waals surface area contributed by atoms with Gasteiger partial charge in [0.25, 0.3) is 0 Å². The number of benzene rings is 2. The van der Waals surface area contributed by atoms with Crippen molar-refractivity contribution in [1.82, 2.24) is 0 Å². The van der Waals surface area contributed by atoms with E-state index in [2.05, 4.69) is 0 Å². The van der Waals surface area contributed by atoms with Gasteiger partial charge in [0.05, 0.1) is 12.1 Å². The summed E-state index contributed by atoms with van der Waals surface area (Å²) >= 11 is 0. The third kappa shape index (κ3) is 4.05. The molecule has 2 aromatic carbocycles. The summed E-state index contributed by atoms with van der Waals surface area (Å²) in [5.74, 6) is -1.31. The van der Waals surface area contributed by atoms with E-state index in [1.54, 1.807) is 12.1 Å². The minimum Gasteiger partial charge on any atom is -0.294 e. The highest BCUT2D eigenvalue weighted by molar-refractivity contribution is 5.96. The normalized spacial score (nSPS) is 11.5. The van der Waals surface area contributed by atoms with Gasteiger partial charge in [-0.05, 0) is 19.4 Å². The van der Waals surface area contributed by atoms with Crippen molar-refractivity contribution in [1.29, 1.82) is 10.5 Å². The zero-order valence-corrected chi connectivity index (χ0v) is 13.3. The molecule has 23 heavy (non-hydrogen) atoms. The molecule has 2 rings (SSSR count). The van der Waals surface area contributed by atoms with Crippen LogP contribution in [0.4, 0.5) is 0 Å². The number of nitriles is 2. The van der Waals surface area contributed by atoms with E-state index in [4.69, 9.17) is 0 Å². The monoisotopic (exact) mass is 302 g/mol. The van der Waals surface area contributed by atoms with E-state index in [0.29, 0.717) is 5.56 Å². The molecule has 0 unspecified atom stereocenters. The summed E-state index contributed by atoms with van der Waals surface area (Å²) < 4.78 is 0. The number of carbonyl (C=O) groups is 1. The van der Waals surface area contributed by atoms with E-state index in [0.717, 1.165) is 16.7 Å². The molecule has 0 saturated heterocycles. The molecule has 0 amide bonds. The minimum atomic E-state index is -0.841. The fourth-order valence-corrected chi connectivity index (χ4v) is 2.51. The van der Waals surface area contributed by atoms with Crippen molar-refractivity contribution in [2.24, 2.45) is 5.92 Å². The van der Waals surface area contributed by atoms with Crippen LogP contribution in [0.5, 0.6) is 0 Å². The lowest BCUT2D eigenvalue weighted by molar-refractivity contribution is 0.0971. The molecule has 0 aliphatic heterocycles. The van der Waals surface area contributed by atoms with Crippen molar-refractivity contribution in [3.05, 3.63) is 70.8 Å². The van der Waals surface area contributed by atoms with Crippen LogP contribution in [-0.4, -0.2) is 5.78 Å². The van der Waals surface area contributed by atoms with Crippen LogP contribution in [0.25, 0.3) is 0 Å². The third-order valence-electron chi connectivity index (χ3n) is 3.96. The highest BCUT2D eigenvalue weighted by atomic mass is 16.1. The number of nitrogens with zero attached hydrogens (tertiary/aromatic N) is 2. The van der Waals surface area contributed by atoms with Gasteiger partial charge in [-0.3, -0.25) is 4.79 Å². The Labute approximate surface area is 136 Å². The van der Waals surface area contributed by atoms with Gasteiger partial charge in [0.2, 0.25) is 0 Å². The predicted octanol–water partition coefficient (Wildman–Crippen LogP) is 4.32. The topological polar surface area (TPSA) is 64.7 Å². The van der Waals surface area contributed by atoms with Gasteiger partial charge in [0.15, 0.2) is 5.78 Å². The van der Waals surface area contributed by atoms with Crippen LogP contribution < -0.4 is 0 Å². The molecule has 2 aromatic rings. The summed E-state index contributed by atoms with van der Waals surface area (Å²) in [6, 6.07) is 19.0. The maximum absolute atomic E-state index is 12.5. The average molecular weight is 302 g/mol. The lowest BCUT2D eigenvalue weighted by Gasteiger charge is -2.17. The van der Waals surface area contributed by atoms with Crippen molar-refractivity contribution < 1.29 is 4.79 Å². The molecule has 3 heteroatoms. The Kier molecular flexibility index (Phi) is 5.28. The zero-order chi connectivity index (χ0) is 16.8. The fraction of sp³-hybridized carbons (Fsp3) is 0.250. The average Bonchev–Trinajstić information content (AvgIpc) is 2.56. The van der Waals surface area contributed by atoms with Crippen LogP contribution in [0.2, 0.25) is 0 Å². The Morgan fingerprint density at radius 2 is 1.39 bits per heavy atom. The fourth-order valence-electron chi connectivity index (χ4n) is 2.51. The largest absolute Gasteiger partial charge is 0.294 e. The van der Waals surface area contributed by atoms with Crippen molar-refractivity contribution in [2.45, 2.75) is 26.2 Å². The predicted molar refractivity (Wildman–Crippen MR) is 88.8 cm³/mol. The van der Waals surface area contributed by atoms with E-state index >= 15 is 0 Å². The molecule has 0 N–H and O–H groups in total. The van der Waals surface area contributed by atoms with E-state index in [-0.39, 0.29) is 12.2 Å². The van der Waals surface area contributed by atoms with Crippen LogP contribution in [-0.2, 0) is 0 Å². The van der Waals surface area contributed by atoms with E-state index in [9.17, 15) is 15.3 Å². The number of carbonyl (C=O) groups excluding carboxylic acids is 1. The number of aryl methyl sites for hydroxylation is 2. The van der Waals surface area contributed by atoms with Crippen molar-refractivity contribution >= 4 is 5.78 Å². The van der Waals surface area contributed by atoms with Gasteiger partial charge >= 0.3 is 0 Å².